The molecular weight excluding hydrogens is 434 g/mol. The van der Waals surface area contributed by atoms with E-state index >= 15 is 0 Å². The summed E-state index contributed by atoms with van der Waals surface area (Å²) in [6.07, 6.45) is 0.702. The predicted molar refractivity (Wildman–Crippen MR) is 126 cm³/mol. The molecule has 172 valence electrons. The summed E-state index contributed by atoms with van der Waals surface area (Å²) in [6.45, 7) is 2.33. The second-order valence-electron chi connectivity index (χ2n) is 7.19. The lowest BCUT2D eigenvalue weighted by Crippen LogP contribution is -2.30. The molecule has 2 aromatic carbocycles. The first-order valence-electron chi connectivity index (χ1n) is 10.5. The Balaban J connectivity index is 1.78. The molecule has 0 saturated heterocycles. The van der Waals surface area contributed by atoms with E-state index in [1.165, 1.54) is 0 Å². The average Bonchev–Trinajstić information content (AvgIpc) is 2.83. The van der Waals surface area contributed by atoms with Crippen LogP contribution < -0.4 is 26.1 Å². The number of anilines is 1. The molecule has 1 aromatic heterocycles. The van der Waals surface area contributed by atoms with Gasteiger partial charge in [-0.15, -0.1) is 0 Å². The molecule has 1 amide bonds. The van der Waals surface area contributed by atoms with Crippen molar-refractivity contribution in [1.82, 2.24) is 10.3 Å². The summed E-state index contributed by atoms with van der Waals surface area (Å²) in [5, 5.41) is 21.8. The Kier molecular flexibility index (Phi) is 7.88. The molecule has 3 aromatic rings. The minimum absolute atomic E-state index is 0.0231. The van der Waals surface area contributed by atoms with Gasteiger partial charge in [0.25, 0.3) is 11.5 Å². The maximum absolute atomic E-state index is 12.2. The van der Waals surface area contributed by atoms with Crippen molar-refractivity contribution in [2.24, 2.45) is 0 Å². The van der Waals surface area contributed by atoms with E-state index in [9.17, 15) is 20.1 Å². The number of nitrogens with one attached hydrogen (secondary N) is 2. The quantitative estimate of drug-likeness (QED) is 0.446. The number of H-pyrrole nitrogens is 1. The van der Waals surface area contributed by atoms with Gasteiger partial charge in [0.2, 0.25) is 0 Å². The fraction of sp³-hybridized carbons (Fsp3) is 0.200. The van der Waals surface area contributed by atoms with Gasteiger partial charge >= 0.3 is 0 Å². The van der Waals surface area contributed by atoms with Crippen LogP contribution in [-0.4, -0.2) is 30.6 Å². The molecule has 0 saturated carbocycles. The van der Waals surface area contributed by atoms with Crippen LogP contribution in [0.2, 0.25) is 0 Å². The van der Waals surface area contributed by atoms with E-state index in [2.05, 4.69) is 10.3 Å². The zero-order valence-electron chi connectivity index (χ0n) is 18.6. The number of nitrogens with two attached hydrogens (primary N) is 1. The number of hydrogen-bond acceptors (Lipinski definition) is 7. The molecule has 0 aliphatic heterocycles. The molecule has 0 aliphatic rings. The summed E-state index contributed by atoms with van der Waals surface area (Å²) in [6, 6.07) is 18.2. The van der Waals surface area contributed by atoms with Gasteiger partial charge < -0.3 is 25.5 Å². The van der Waals surface area contributed by atoms with E-state index in [1.54, 1.807) is 25.1 Å². The maximum Gasteiger partial charge on any atom is 0.268 e. The second-order valence-corrected chi connectivity index (χ2v) is 7.19. The second kappa shape index (κ2) is 11.2. The van der Waals surface area contributed by atoms with Crippen molar-refractivity contribution >= 4 is 11.7 Å². The fourth-order valence-electron chi connectivity index (χ4n) is 3.37. The number of aromatic nitrogens is 1. The van der Waals surface area contributed by atoms with Crippen molar-refractivity contribution < 1.29 is 14.3 Å². The fourth-order valence-corrected chi connectivity index (χ4v) is 3.37. The number of rotatable bonds is 9. The van der Waals surface area contributed by atoms with Crippen molar-refractivity contribution in [3.63, 3.8) is 0 Å². The Morgan fingerprint density at radius 3 is 2.47 bits per heavy atom. The SMILES string of the molecule is CCOc1cc(-c2c(C#N)c(N)[nH]c(=O)c2C#N)ccc1OCC(=O)NCCc1ccccc1. The first kappa shape index (κ1) is 23.9. The van der Waals surface area contributed by atoms with Crippen LogP contribution in [0.4, 0.5) is 5.82 Å². The third kappa shape index (κ3) is 5.53. The topological polar surface area (TPSA) is 154 Å². The van der Waals surface area contributed by atoms with E-state index in [0.717, 1.165) is 5.56 Å². The molecule has 34 heavy (non-hydrogen) atoms. The van der Waals surface area contributed by atoms with Crippen molar-refractivity contribution in [2.45, 2.75) is 13.3 Å². The Bertz CT molecular complexity index is 1320. The number of pyridine rings is 1. The molecule has 4 N–H and O–H groups in total. The maximum atomic E-state index is 12.2. The van der Waals surface area contributed by atoms with Crippen LogP contribution in [0.15, 0.2) is 53.3 Å². The lowest BCUT2D eigenvalue weighted by atomic mass is 9.96. The zero-order valence-corrected chi connectivity index (χ0v) is 18.6. The molecule has 1 heterocycles. The van der Waals surface area contributed by atoms with Crippen LogP contribution in [0.25, 0.3) is 11.1 Å². The van der Waals surface area contributed by atoms with Crippen molar-refractivity contribution in [1.29, 1.82) is 10.5 Å². The summed E-state index contributed by atoms with van der Waals surface area (Å²) in [7, 11) is 0. The third-order valence-corrected chi connectivity index (χ3v) is 4.94. The molecule has 9 nitrogen and oxygen atoms in total. The number of nitriles is 2. The van der Waals surface area contributed by atoms with Gasteiger partial charge in [-0.2, -0.15) is 10.5 Å². The minimum atomic E-state index is -0.695. The highest BCUT2D eigenvalue weighted by atomic mass is 16.5. The number of nitrogen functional groups attached to an aromatic ring is 1. The van der Waals surface area contributed by atoms with Gasteiger partial charge in [-0.05, 0) is 36.6 Å². The number of ether oxygens (including phenoxy) is 2. The monoisotopic (exact) mass is 457 g/mol. The Morgan fingerprint density at radius 2 is 1.79 bits per heavy atom. The van der Waals surface area contributed by atoms with Crippen molar-refractivity contribution in [3.8, 4) is 34.8 Å². The highest BCUT2D eigenvalue weighted by Crippen LogP contribution is 2.35. The molecular formula is C25H23N5O4. The number of carbonyl (C=O) groups is 1. The zero-order chi connectivity index (χ0) is 24.5. The van der Waals surface area contributed by atoms with E-state index in [1.807, 2.05) is 42.5 Å². The van der Waals surface area contributed by atoms with E-state index < -0.39 is 5.56 Å². The Hall–Kier alpha value is -4.76. The third-order valence-electron chi connectivity index (χ3n) is 4.94. The first-order valence-corrected chi connectivity index (χ1v) is 10.5. The molecule has 0 bridgehead atoms. The highest BCUT2D eigenvalue weighted by Gasteiger charge is 2.20. The number of aromatic amines is 1. The summed E-state index contributed by atoms with van der Waals surface area (Å²) in [5.41, 5.74) is 6.45. The summed E-state index contributed by atoms with van der Waals surface area (Å²) < 4.78 is 11.3. The summed E-state index contributed by atoms with van der Waals surface area (Å²) in [4.78, 5) is 26.7. The average molecular weight is 457 g/mol. The van der Waals surface area contributed by atoms with Crippen LogP contribution in [0.5, 0.6) is 11.5 Å². The highest BCUT2D eigenvalue weighted by molar-refractivity contribution is 5.81. The van der Waals surface area contributed by atoms with Crippen LogP contribution in [0, 0.1) is 22.7 Å². The van der Waals surface area contributed by atoms with E-state index in [-0.39, 0.29) is 35.0 Å². The van der Waals surface area contributed by atoms with Crippen molar-refractivity contribution in [2.75, 3.05) is 25.5 Å². The van der Waals surface area contributed by atoms with Crippen LogP contribution in [0.1, 0.15) is 23.6 Å². The normalized spacial score (nSPS) is 10.1. The van der Waals surface area contributed by atoms with Gasteiger partial charge in [0, 0.05) is 12.1 Å². The predicted octanol–water partition coefficient (Wildman–Crippen LogP) is 2.50. The first-order chi connectivity index (χ1) is 16.5. The van der Waals surface area contributed by atoms with E-state index in [0.29, 0.717) is 36.6 Å². The standard InChI is InChI=1S/C25H23N5O4/c1-2-33-21-12-17(23-18(13-26)24(28)30-25(32)19(23)14-27)8-9-20(21)34-15-22(31)29-11-10-16-6-4-3-5-7-16/h3-9,12H,2,10-11,15H2,1H3,(H,29,31)(H3,28,30,32). The largest absolute Gasteiger partial charge is 0.490 e. The Morgan fingerprint density at radius 1 is 1.06 bits per heavy atom. The van der Waals surface area contributed by atoms with Gasteiger partial charge in [-0.25, -0.2) is 0 Å². The molecule has 0 unspecified atom stereocenters. The lowest BCUT2D eigenvalue weighted by Gasteiger charge is -2.15. The number of nitrogens with zero attached hydrogens (tertiary/aromatic N) is 2. The van der Waals surface area contributed by atoms with Gasteiger partial charge in [0.1, 0.15) is 29.1 Å². The summed E-state index contributed by atoms with van der Waals surface area (Å²) in [5.74, 6) is 0.178. The van der Waals surface area contributed by atoms with Crippen LogP contribution in [-0.2, 0) is 11.2 Å². The number of carbonyl (C=O) groups excluding carboxylic acids is 1. The molecule has 0 atom stereocenters. The molecule has 0 radical (unpaired) electrons. The minimum Gasteiger partial charge on any atom is -0.490 e. The van der Waals surface area contributed by atoms with Crippen molar-refractivity contribution in [3.05, 3.63) is 75.6 Å². The Labute approximate surface area is 196 Å². The molecule has 3 rings (SSSR count). The van der Waals surface area contributed by atoms with Gasteiger partial charge in [0.15, 0.2) is 18.1 Å². The molecule has 9 heteroatoms. The lowest BCUT2D eigenvalue weighted by molar-refractivity contribution is -0.123. The van der Waals surface area contributed by atoms with Gasteiger partial charge in [-0.3, -0.25) is 9.59 Å². The summed E-state index contributed by atoms with van der Waals surface area (Å²) >= 11 is 0. The molecule has 0 fully saturated rings. The van der Waals surface area contributed by atoms with Gasteiger partial charge in [0.05, 0.1) is 6.61 Å². The number of hydrogen-bond donors (Lipinski definition) is 3. The van der Waals surface area contributed by atoms with E-state index in [4.69, 9.17) is 15.2 Å². The van der Waals surface area contributed by atoms with Crippen LogP contribution >= 0.6 is 0 Å². The van der Waals surface area contributed by atoms with Crippen LogP contribution in [0.3, 0.4) is 0 Å². The number of amides is 1. The smallest absolute Gasteiger partial charge is 0.268 e. The molecule has 0 spiro atoms. The van der Waals surface area contributed by atoms with Gasteiger partial charge in [-0.1, -0.05) is 36.4 Å². The molecule has 0 aliphatic carbocycles. The number of benzene rings is 2.